The third-order valence-electron chi connectivity index (χ3n) is 2.84. The summed E-state index contributed by atoms with van der Waals surface area (Å²) in [6, 6.07) is 6.83. The molecule has 1 amide bonds. The molecule has 0 aliphatic heterocycles. The van der Waals surface area contributed by atoms with Crippen LogP contribution in [0.2, 0.25) is 0 Å². The van der Waals surface area contributed by atoms with Gasteiger partial charge in [-0.25, -0.2) is 14.2 Å². The van der Waals surface area contributed by atoms with Crippen LogP contribution >= 0.6 is 11.8 Å². The summed E-state index contributed by atoms with van der Waals surface area (Å²) >= 11 is 1.31. The molecule has 0 saturated carbocycles. The summed E-state index contributed by atoms with van der Waals surface area (Å²) in [5.41, 5.74) is 0.386. The summed E-state index contributed by atoms with van der Waals surface area (Å²) in [7, 11) is 1.23. The normalized spacial score (nSPS) is 10.1. The lowest BCUT2D eigenvalue weighted by molar-refractivity contribution is 0.0600. The first-order chi connectivity index (χ1) is 10.6. The van der Waals surface area contributed by atoms with E-state index < -0.39 is 17.7 Å². The largest absolute Gasteiger partial charge is 0.465 e. The number of hydrogen-bond acceptors (Lipinski definition) is 5. The van der Waals surface area contributed by atoms with Crippen LogP contribution in [0.25, 0.3) is 0 Å². The second-order valence-corrected chi connectivity index (χ2v) is 5.00. The van der Waals surface area contributed by atoms with Crippen molar-refractivity contribution in [1.82, 2.24) is 4.98 Å². The zero-order valence-electron chi connectivity index (χ0n) is 11.9. The second kappa shape index (κ2) is 7.04. The number of thioether (sulfide) groups is 1. The number of nitrogens with one attached hydrogen (secondary N) is 1. The number of anilines is 1. The van der Waals surface area contributed by atoms with Crippen molar-refractivity contribution in [2.45, 2.75) is 5.03 Å². The number of methoxy groups -OCH3 is 1. The van der Waals surface area contributed by atoms with Gasteiger partial charge in [-0.05, 0) is 36.6 Å². The molecule has 0 aliphatic carbocycles. The van der Waals surface area contributed by atoms with E-state index in [0.29, 0.717) is 10.6 Å². The van der Waals surface area contributed by atoms with Gasteiger partial charge in [0.15, 0.2) is 0 Å². The zero-order valence-corrected chi connectivity index (χ0v) is 12.7. The Kier molecular flexibility index (Phi) is 5.11. The highest BCUT2D eigenvalue weighted by molar-refractivity contribution is 7.98. The molecule has 2 aromatic rings. The van der Waals surface area contributed by atoms with Crippen molar-refractivity contribution in [2.75, 3.05) is 18.7 Å². The average Bonchev–Trinajstić information content (AvgIpc) is 2.55. The first-order valence-electron chi connectivity index (χ1n) is 6.25. The Balaban J connectivity index is 2.30. The Labute approximate surface area is 130 Å². The van der Waals surface area contributed by atoms with E-state index in [-0.39, 0.29) is 11.3 Å². The van der Waals surface area contributed by atoms with Gasteiger partial charge in [0.1, 0.15) is 10.8 Å². The molecule has 1 aromatic carbocycles. The topological polar surface area (TPSA) is 68.3 Å². The fraction of sp³-hybridized carbons (Fsp3) is 0.133. The Bertz CT molecular complexity index is 722. The monoisotopic (exact) mass is 320 g/mol. The Morgan fingerprint density at radius 2 is 2.09 bits per heavy atom. The Morgan fingerprint density at radius 1 is 1.32 bits per heavy atom. The first kappa shape index (κ1) is 16.0. The quantitative estimate of drug-likeness (QED) is 0.693. The van der Waals surface area contributed by atoms with Gasteiger partial charge < -0.3 is 10.1 Å². The number of carbonyl (C=O) groups excluding carboxylic acids is 2. The van der Waals surface area contributed by atoms with Crippen molar-refractivity contribution in [2.24, 2.45) is 0 Å². The van der Waals surface area contributed by atoms with Crippen LogP contribution < -0.4 is 5.32 Å². The SMILES string of the molecule is COC(=O)c1ccc(F)c(NC(=O)c2cccnc2SC)c1. The minimum atomic E-state index is -0.643. The predicted octanol–water partition coefficient (Wildman–Crippen LogP) is 2.98. The van der Waals surface area contributed by atoms with Crippen molar-refractivity contribution in [1.29, 1.82) is 0 Å². The molecule has 5 nitrogen and oxygen atoms in total. The second-order valence-electron chi connectivity index (χ2n) is 4.20. The molecule has 1 heterocycles. The minimum absolute atomic E-state index is 0.0937. The number of carbonyl (C=O) groups is 2. The Hall–Kier alpha value is -2.41. The lowest BCUT2D eigenvalue weighted by Gasteiger charge is -2.09. The molecule has 0 atom stereocenters. The third-order valence-corrected chi connectivity index (χ3v) is 3.56. The number of benzene rings is 1. The highest BCUT2D eigenvalue weighted by atomic mass is 32.2. The fourth-order valence-electron chi connectivity index (χ4n) is 1.78. The standard InChI is InChI=1S/C15H13FN2O3S/c1-21-15(20)9-5-6-11(16)12(8-9)18-13(19)10-4-3-7-17-14(10)22-2/h3-8H,1-2H3,(H,18,19). The van der Waals surface area contributed by atoms with Crippen LogP contribution in [0.4, 0.5) is 10.1 Å². The van der Waals surface area contributed by atoms with E-state index in [9.17, 15) is 14.0 Å². The molecule has 1 aromatic heterocycles. The molecule has 2 rings (SSSR count). The van der Waals surface area contributed by atoms with Gasteiger partial charge in [-0.15, -0.1) is 11.8 Å². The summed E-state index contributed by atoms with van der Waals surface area (Å²) in [5.74, 6) is -1.75. The number of esters is 1. The van der Waals surface area contributed by atoms with E-state index in [1.807, 2.05) is 0 Å². The summed E-state index contributed by atoms with van der Waals surface area (Å²) < 4.78 is 18.4. The maximum Gasteiger partial charge on any atom is 0.337 e. The molecule has 0 fully saturated rings. The maximum absolute atomic E-state index is 13.8. The highest BCUT2D eigenvalue weighted by Crippen LogP contribution is 2.21. The number of nitrogens with zero attached hydrogens (tertiary/aromatic N) is 1. The molecule has 0 spiro atoms. The van der Waals surface area contributed by atoms with Crippen LogP contribution in [0.5, 0.6) is 0 Å². The fourth-order valence-corrected chi connectivity index (χ4v) is 2.33. The van der Waals surface area contributed by atoms with Crippen LogP contribution in [-0.4, -0.2) is 30.2 Å². The average molecular weight is 320 g/mol. The van der Waals surface area contributed by atoms with Crippen molar-refractivity contribution in [3.63, 3.8) is 0 Å². The number of pyridine rings is 1. The number of rotatable bonds is 4. The van der Waals surface area contributed by atoms with Crippen LogP contribution in [0.15, 0.2) is 41.6 Å². The van der Waals surface area contributed by atoms with Gasteiger partial charge in [-0.3, -0.25) is 4.79 Å². The molecule has 22 heavy (non-hydrogen) atoms. The van der Waals surface area contributed by atoms with Gasteiger partial charge >= 0.3 is 5.97 Å². The van der Waals surface area contributed by atoms with E-state index in [2.05, 4.69) is 15.0 Å². The molecule has 0 radical (unpaired) electrons. The molecule has 0 bridgehead atoms. The van der Waals surface area contributed by atoms with Gasteiger partial charge in [0, 0.05) is 6.20 Å². The summed E-state index contributed by atoms with van der Waals surface area (Å²) in [6.45, 7) is 0. The lowest BCUT2D eigenvalue weighted by Crippen LogP contribution is -2.15. The summed E-state index contributed by atoms with van der Waals surface area (Å²) in [5, 5.41) is 2.98. The predicted molar refractivity (Wildman–Crippen MR) is 81.7 cm³/mol. The van der Waals surface area contributed by atoms with Gasteiger partial charge in [-0.1, -0.05) is 0 Å². The highest BCUT2D eigenvalue weighted by Gasteiger charge is 2.15. The van der Waals surface area contributed by atoms with E-state index in [0.717, 1.165) is 6.07 Å². The van der Waals surface area contributed by atoms with Crippen molar-refractivity contribution in [3.05, 3.63) is 53.5 Å². The Morgan fingerprint density at radius 3 is 2.77 bits per heavy atom. The van der Waals surface area contributed by atoms with Crippen LogP contribution in [-0.2, 0) is 4.74 Å². The van der Waals surface area contributed by atoms with Gasteiger partial charge in [0.2, 0.25) is 0 Å². The number of aromatic nitrogens is 1. The van der Waals surface area contributed by atoms with Crippen LogP contribution in [0.1, 0.15) is 20.7 Å². The van der Waals surface area contributed by atoms with E-state index >= 15 is 0 Å². The van der Waals surface area contributed by atoms with E-state index in [1.54, 1.807) is 24.6 Å². The number of hydrogen-bond donors (Lipinski definition) is 1. The number of amides is 1. The molecule has 0 unspecified atom stereocenters. The van der Waals surface area contributed by atoms with Gasteiger partial charge in [0.25, 0.3) is 5.91 Å². The summed E-state index contributed by atoms with van der Waals surface area (Å²) in [6.07, 6.45) is 3.36. The van der Waals surface area contributed by atoms with Crippen molar-refractivity contribution in [3.8, 4) is 0 Å². The number of ether oxygens (including phenoxy) is 1. The molecule has 0 saturated heterocycles. The minimum Gasteiger partial charge on any atom is -0.465 e. The van der Waals surface area contributed by atoms with Gasteiger partial charge in [-0.2, -0.15) is 0 Å². The van der Waals surface area contributed by atoms with Gasteiger partial charge in [0.05, 0.1) is 23.9 Å². The van der Waals surface area contributed by atoms with Crippen LogP contribution in [0, 0.1) is 5.82 Å². The van der Waals surface area contributed by atoms with Crippen molar-refractivity contribution < 1.29 is 18.7 Å². The lowest BCUT2D eigenvalue weighted by atomic mass is 10.2. The molecule has 7 heteroatoms. The van der Waals surface area contributed by atoms with E-state index in [4.69, 9.17) is 0 Å². The third kappa shape index (κ3) is 3.43. The maximum atomic E-state index is 13.8. The molecule has 114 valence electrons. The van der Waals surface area contributed by atoms with E-state index in [1.165, 1.54) is 31.0 Å². The summed E-state index contributed by atoms with van der Waals surface area (Å²) in [4.78, 5) is 27.8. The molecule has 1 N–H and O–H groups in total. The first-order valence-corrected chi connectivity index (χ1v) is 7.47. The number of halogens is 1. The molecule has 0 aliphatic rings. The van der Waals surface area contributed by atoms with Crippen LogP contribution in [0.3, 0.4) is 0 Å². The zero-order chi connectivity index (χ0) is 16.1. The molecular formula is C15H13FN2O3S. The van der Waals surface area contributed by atoms with Crippen molar-refractivity contribution >= 4 is 29.3 Å². The smallest absolute Gasteiger partial charge is 0.337 e. The molecular weight excluding hydrogens is 307 g/mol.